The standard InChI is InChI=1S/C10H12O3/c1-2-4-9(5-3-1)13-12-7-6-10-8-11-10/h1-5,10H,6-8H2. The predicted molar refractivity (Wildman–Crippen MR) is 47.4 cm³/mol. The van der Waals surface area contributed by atoms with Gasteiger partial charge in [0.1, 0.15) is 0 Å². The zero-order valence-corrected chi connectivity index (χ0v) is 7.31. The van der Waals surface area contributed by atoms with Gasteiger partial charge in [-0.25, -0.2) is 0 Å². The van der Waals surface area contributed by atoms with Gasteiger partial charge in [-0.15, -0.1) is 0 Å². The molecule has 13 heavy (non-hydrogen) atoms. The molecule has 1 atom stereocenters. The van der Waals surface area contributed by atoms with Gasteiger partial charge < -0.3 is 9.62 Å². The van der Waals surface area contributed by atoms with Crippen LogP contribution in [0, 0.1) is 0 Å². The van der Waals surface area contributed by atoms with Crippen LogP contribution in [-0.4, -0.2) is 19.3 Å². The van der Waals surface area contributed by atoms with E-state index in [-0.39, 0.29) is 0 Å². The number of para-hydroxylation sites is 1. The summed E-state index contributed by atoms with van der Waals surface area (Å²) >= 11 is 0. The first-order valence-electron chi connectivity index (χ1n) is 4.41. The molecule has 1 aliphatic rings. The Balaban J connectivity index is 1.61. The van der Waals surface area contributed by atoms with Gasteiger partial charge in [0.25, 0.3) is 0 Å². The molecule has 0 amide bonds. The molecule has 1 heterocycles. The lowest BCUT2D eigenvalue weighted by Crippen LogP contribution is -2.01. The van der Waals surface area contributed by atoms with Gasteiger partial charge in [0.2, 0.25) is 0 Å². The Morgan fingerprint density at radius 1 is 1.31 bits per heavy atom. The third-order valence-electron chi connectivity index (χ3n) is 1.82. The summed E-state index contributed by atoms with van der Waals surface area (Å²) in [6, 6.07) is 9.46. The zero-order chi connectivity index (χ0) is 8.93. The van der Waals surface area contributed by atoms with E-state index < -0.39 is 0 Å². The van der Waals surface area contributed by atoms with E-state index in [1.165, 1.54) is 0 Å². The number of benzene rings is 1. The number of epoxide rings is 1. The average molecular weight is 180 g/mol. The lowest BCUT2D eigenvalue weighted by atomic mass is 10.3. The Bertz CT molecular complexity index is 244. The number of hydrogen-bond donors (Lipinski definition) is 0. The van der Waals surface area contributed by atoms with Gasteiger partial charge in [-0.2, -0.15) is 4.89 Å². The van der Waals surface area contributed by atoms with Gasteiger partial charge in [0.15, 0.2) is 5.75 Å². The molecule has 0 aromatic heterocycles. The zero-order valence-electron chi connectivity index (χ0n) is 7.31. The van der Waals surface area contributed by atoms with E-state index in [1.807, 2.05) is 30.3 Å². The SMILES string of the molecule is c1ccc(OOCCC2CO2)cc1. The van der Waals surface area contributed by atoms with Crippen molar-refractivity contribution in [3.63, 3.8) is 0 Å². The maximum absolute atomic E-state index is 5.03. The Hall–Kier alpha value is -1.06. The van der Waals surface area contributed by atoms with Crippen molar-refractivity contribution in [2.24, 2.45) is 0 Å². The third kappa shape index (κ3) is 3.05. The van der Waals surface area contributed by atoms with Crippen LogP contribution in [0.4, 0.5) is 0 Å². The normalized spacial score (nSPS) is 19.8. The molecular weight excluding hydrogens is 168 g/mol. The minimum Gasteiger partial charge on any atom is -0.373 e. The second-order valence-corrected chi connectivity index (χ2v) is 2.96. The Morgan fingerprint density at radius 2 is 2.08 bits per heavy atom. The van der Waals surface area contributed by atoms with Gasteiger partial charge in [-0.05, 0) is 12.1 Å². The summed E-state index contributed by atoms with van der Waals surface area (Å²) < 4.78 is 5.03. The van der Waals surface area contributed by atoms with E-state index in [0.29, 0.717) is 12.7 Å². The summed E-state index contributed by atoms with van der Waals surface area (Å²) in [4.78, 5) is 10.0. The molecule has 70 valence electrons. The lowest BCUT2D eigenvalue weighted by molar-refractivity contribution is -0.207. The first-order valence-corrected chi connectivity index (χ1v) is 4.41. The predicted octanol–water partition coefficient (Wildman–Crippen LogP) is 1.79. The molecule has 1 saturated heterocycles. The molecule has 1 unspecified atom stereocenters. The van der Waals surface area contributed by atoms with Crippen molar-refractivity contribution in [2.75, 3.05) is 13.2 Å². The van der Waals surface area contributed by atoms with E-state index in [4.69, 9.17) is 14.5 Å². The van der Waals surface area contributed by atoms with E-state index in [1.54, 1.807) is 0 Å². The van der Waals surface area contributed by atoms with Crippen LogP contribution < -0.4 is 4.89 Å². The first kappa shape index (κ1) is 8.53. The van der Waals surface area contributed by atoms with Crippen molar-refractivity contribution in [1.29, 1.82) is 0 Å². The van der Waals surface area contributed by atoms with E-state index in [0.717, 1.165) is 18.8 Å². The quantitative estimate of drug-likeness (QED) is 0.299. The van der Waals surface area contributed by atoms with Crippen LogP contribution in [0.1, 0.15) is 6.42 Å². The number of ether oxygens (including phenoxy) is 1. The molecule has 0 N–H and O–H groups in total. The van der Waals surface area contributed by atoms with Crippen molar-refractivity contribution in [3.8, 4) is 5.75 Å². The molecule has 3 nitrogen and oxygen atoms in total. The van der Waals surface area contributed by atoms with Crippen LogP contribution in [-0.2, 0) is 9.62 Å². The molecule has 2 rings (SSSR count). The molecule has 1 fully saturated rings. The Kier molecular flexibility index (Phi) is 2.79. The van der Waals surface area contributed by atoms with Gasteiger partial charge in [0, 0.05) is 6.42 Å². The highest BCUT2D eigenvalue weighted by molar-refractivity contribution is 5.20. The summed E-state index contributed by atoms with van der Waals surface area (Å²) in [6.45, 7) is 1.45. The summed E-state index contributed by atoms with van der Waals surface area (Å²) in [6.07, 6.45) is 1.31. The van der Waals surface area contributed by atoms with E-state index >= 15 is 0 Å². The minimum absolute atomic E-state index is 0.402. The second-order valence-electron chi connectivity index (χ2n) is 2.96. The van der Waals surface area contributed by atoms with Crippen molar-refractivity contribution in [2.45, 2.75) is 12.5 Å². The molecule has 0 saturated carbocycles. The Morgan fingerprint density at radius 3 is 2.77 bits per heavy atom. The topological polar surface area (TPSA) is 31.0 Å². The fourth-order valence-electron chi connectivity index (χ4n) is 1.00. The van der Waals surface area contributed by atoms with Gasteiger partial charge in [-0.1, -0.05) is 18.2 Å². The van der Waals surface area contributed by atoms with Crippen LogP contribution in [0.3, 0.4) is 0 Å². The van der Waals surface area contributed by atoms with Gasteiger partial charge in [0.05, 0.1) is 19.3 Å². The largest absolute Gasteiger partial charge is 0.373 e. The molecular formula is C10H12O3. The monoisotopic (exact) mass is 180 g/mol. The molecule has 0 spiro atoms. The smallest absolute Gasteiger partial charge is 0.165 e. The average Bonchev–Trinajstić information content (AvgIpc) is 2.98. The van der Waals surface area contributed by atoms with Crippen LogP contribution >= 0.6 is 0 Å². The highest BCUT2D eigenvalue weighted by atomic mass is 17.2. The van der Waals surface area contributed by atoms with Crippen molar-refractivity contribution >= 4 is 0 Å². The molecule has 1 aromatic rings. The van der Waals surface area contributed by atoms with E-state index in [2.05, 4.69) is 0 Å². The Labute approximate surface area is 77.2 Å². The molecule has 1 aliphatic heterocycles. The molecule has 0 radical (unpaired) electrons. The summed E-state index contributed by atoms with van der Waals surface area (Å²) in [5, 5.41) is 0. The molecule has 3 heteroatoms. The lowest BCUT2D eigenvalue weighted by Gasteiger charge is -2.02. The molecule has 0 bridgehead atoms. The van der Waals surface area contributed by atoms with Crippen molar-refractivity contribution in [1.82, 2.24) is 0 Å². The molecule has 1 aromatic carbocycles. The maximum Gasteiger partial charge on any atom is 0.165 e. The van der Waals surface area contributed by atoms with Crippen LogP contribution in [0.25, 0.3) is 0 Å². The highest BCUT2D eigenvalue weighted by Gasteiger charge is 2.21. The number of hydrogen-bond acceptors (Lipinski definition) is 3. The van der Waals surface area contributed by atoms with Crippen molar-refractivity contribution < 1.29 is 14.5 Å². The fraction of sp³-hybridized carbons (Fsp3) is 0.400. The summed E-state index contributed by atoms with van der Waals surface area (Å²) in [5.74, 6) is 0.735. The maximum atomic E-state index is 5.03. The fourth-order valence-corrected chi connectivity index (χ4v) is 1.00. The first-order chi connectivity index (χ1) is 6.45. The van der Waals surface area contributed by atoms with Crippen LogP contribution in [0.2, 0.25) is 0 Å². The minimum atomic E-state index is 0.402. The number of rotatable bonds is 5. The van der Waals surface area contributed by atoms with Gasteiger partial charge >= 0.3 is 0 Å². The summed E-state index contributed by atoms with van der Waals surface area (Å²) in [7, 11) is 0. The highest BCUT2D eigenvalue weighted by Crippen LogP contribution is 2.14. The third-order valence-corrected chi connectivity index (χ3v) is 1.82. The summed E-state index contributed by atoms with van der Waals surface area (Å²) in [5.41, 5.74) is 0. The molecule has 0 aliphatic carbocycles. The van der Waals surface area contributed by atoms with Crippen LogP contribution in [0.5, 0.6) is 5.75 Å². The van der Waals surface area contributed by atoms with Gasteiger partial charge in [-0.3, -0.25) is 0 Å². The van der Waals surface area contributed by atoms with E-state index in [9.17, 15) is 0 Å². The van der Waals surface area contributed by atoms with Crippen LogP contribution in [0.15, 0.2) is 30.3 Å². The van der Waals surface area contributed by atoms with Crippen molar-refractivity contribution in [3.05, 3.63) is 30.3 Å². The second kappa shape index (κ2) is 4.25.